The Kier molecular flexibility index (Phi) is 4.97. The van der Waals surface area contributed by atoms with Crippen LogP contribution in [0.2, 0.25) is 0 Å². The second-order valence-corrected chi connectivity index (χ2v) is 6.03. The summed E-state index contributed by atoms with van der Waals surface area (Å²) in [4.78, 5) is 17.9. The van der Waals surface area contributed by atoms with Crippen molar-refractivity contribution in [1.82, 2.24) is 9.88 Å². The molecule has 1 fully saturated rings. The van der Waals surface area contributed by atoms with Gasteiger partial charge in [0.05, 0.1) is 24.8 Å². The van der Waals surface area contributed by atoms with Crippen LogP contribution in [0, 0.1) is 6.42 Å². The molecule has 2 atom stereocenters. The number of carbonyl (C=O) groups is 1. The minimum atomic E-state index is -0.734. The molecule has 2 heterocycles. The molecule has 3 N–H and O–H groups in total. The maximum Gasteiger partial charge on any atom is 0.234 e. The van der Waals surface area contributed by atoms with Crippen LogP contribution in [0.15, 0.2) is 30.5 Å². The number of ether oxygens (including phenoxy) is 1. The summed E-state index contributed by atoms with van der Waals surface area (Å²) in [5, 5.41) is 11.6. The molecule has 24 heavy (non-hydrogen) atoms. The van der Waals surface area contributed by atoms with Crippen molar-refractivity contribution < 1.29 is 14.6 Å². The van der Waals surface area contributed by atoms with Crippen molar-refractivity contribution in [2.75, 3.05) is 20.2 Å². The molecule has 6 nitrogen and oxygen atoms in total. The maximum atomic E-state index is 11.6. The van der Waals surface area contributed by atoms with Gasteiger partial charge in [-0.25, -0.2) is 0 Å². The van der Waals surface area contributed by atoms with E-state index in [0.29, 0.717) is 18.7 Å². The number of aliphatic hydroxyl groups excluding tert-OH is 1. The number of rotatable bonds is 5. The van der Waals surface area contributed by atoms with E-state index in [4.69, 9.17) is 10.5 Å². The number of nitrogens with two attached hydrogens (primary N) is 1. The van der Waals surface area contributed by atoms with Crippen LogP contribution in [-0.4, -0.2) is 47.1 Å². The number of primary amides is 1. The van der Waals surface area contributed by atoms with Gasteiger partial charge in [-0.3, -0.25) is 14.7 Å². The Morgan fingerprint density at radius 2 is 2.33 bits per heavy atom. The number of likely N-dealkylation sites (tertiary alicyclic amines) is 1. The highest BCUT2D eigenvalue weighted by molar-refractivity contribution is 5.84. The van der Waals surface area contributed by atoms with Gasteiger partial charge in [-0.15, -0.1) is 0 Å². The lowest BCUT2D eigenvalue weighted by Gasteiger charge is -2.34. The van der Waals surface area contributed by atoms with E-state index in [0.717, 1.165) is 29.4 Å². The molecule has 0 saturated carbocycles. The molecule has 1 unspecified atom stereocenters. The fourth-order valence-electron chi connectivity index (χ4n) is 3.24. The van der Waals surface area contributed by atoms with E-state index in [1.165, 1.54) is 0 Å². The number of carbonyl (C=O) groups excluding carboxylic acids is 1. The van der Waals surface area contributed by atoms with Gasteiger partial charge in [-0.2, -0.15) is 0 Å². The van der Waals surface area contributed by atoms with Gasteiger partial charge in [-0.05, 0) is 55.6 Å². The molecule has 6 heteroatoms. The summed E-state index contributed by atoms with van der Waals surface area (Å²) in [6, 6.07) is 7.04. The minimum Gasteiger partial charge on any atom is -0.497 e. The van der Waals surface area contributed by atoms with Gasteiger partial charge in [0.25, 0.3) is 0 Å². The second kappa shape index (κ2) is 7.15. The van der Waals surface area contributed by atoms with Crippen molar-refractivity contribution in [2.45, 2.75) is 25.0 Å². The minimum absolute atomic E-state index is 0.348. The van der Waals surface area contributed by atoms with Crippen LogP contribution in [0.5, 0.6) is 5.75 Å². The fraction of sp³-hybridized carbons (Fsp3) is 0.389. The number of fused-ring (bicyclic) bond motifs is 1. The van der Waals surface area contributed by atoms with E-state index in [9.17, 15) is 9.90 Å². The highest BCUT2D eigenvalue weighted by Crippen LogP contribution is 2.28. The summed E-state index contributed by atoms with van der Waals surface area (Å²) < 4.78 is 5.27. The average molecular weight is 328 g/mol. The Bertz CT molecular complexity index is 735. The van der Waals surface area contributed by atoms with Crippen molar-refractivity contribution in [3.05, 3.63) is 42.4 Å². The monoisotopic (exact) mass is 328 g/mol. The van der Waals surface area contributed by atoms with Gasteiger partial charge < -0.3 is 15.6 Å². The van der Waals surface area contributed by atoms with Crippen molar-refractivity contribution in [1.29, 1.82) is 0 Å². The summed E-state index contributed by atoms with van der Waals surface area (Å²) in [5.41, 5.74) is 7.06. The Morgan fingerprint density at radius 1 is 1.50 bits per heavy atom. The topological polar surface area (TPSA) is 88.7 Å². The van der Waals surface area contributed by atoms with E-state index in [1.807, 2.05) is 29.2 Å². The number of aliphatic hydroxyl groups is 1. The first-order valence-electron chi connectivity index (χ1n) is 8.06. The molecule has 1 radical (unpaired) electrons. The van der Waals surface area contributed by atoms with Crippen LogP contribution in [-0.2, 0) is 4.79 Å². The molecule has 1 aromatic heterocycles. The lowest BCUT2D eigenvalue weighted by Crippen LogP contribution is -2.49. The van der Waals surface area contributed by atoms with Gasteiger partial charge in [0.1, 0.15) is 5.75 Å². The lowest BCUT2D eigenvalue weighted by molar-refractivity contribution is -0.124. The fourth-order valence-corrected chi connectivity index (χ4v) is 3.24. The van der Waals surface area contributed by atoms with E-state index < -0.39 is 6.10 Å². The molecule has 127 valence electrons. The first kappa shape index (κ1) is 16.7. The Labute approximate surface area is 141 Å². The number of pyridine rings is 1. The van der Waals surface area contributed by atoms with Gasteiger partial charge in [-0.1, -0.05) is 0 Å². The molecular weight excluding hydrogens is 306 g/mol. The molecule has 1 aliphatic rings. The van der Waals surface area contributed by atoms with Crippen molar-refractivity contribution in [3.63, 3.8) is 0 Å². The summed E-state index contributed by atoms with van der Waals surface area (Å²) in [5.74, 6) is 0.367. The predicted octanol–water partition coefficient (Wildman–Crippen LogP) is 1.43. The zero-order valence-corrected chi connectivity index (χ0v) is 13.7. The smallest absolute Gasteiger partial charge is 0.234 e. The van der Waals surface area contributed by atoms with E-state index in [1.54, 1.807) is 13.3 Å². The Hall–Kier alpha value is -2.18. The van der Waals surface area contributed by atoms with Gasteiger partial charge in [0, 0.05) is 18.1 Å². The molecule has 1 saturated heterocycles. The Balaban J connectivity index is 1.87. The van der Waals surface area contributed by atoms with Crippen molar-refractivity contribution >= 4 is 16.8 Å². The third kappa shape index (κ3) is 3.34. The molecule has 1 aliphatic heterocycles. The zero-order chi connectivity index (χ0) is 17.1. The molecule has 1 aromatic carbocycles. The number of piperidine rings is 1. The first-order valence-corrected chi connectivity index (χ1v) is 8.06. The standard InChI is InChI=1S/C18H22N3O3/c1-24-12-5-6-15-14(10-12)13(7-8-20-15)17(22)11-21-9-3-2-4-16(21)18(19)23/h2,5-8,10,16-17,22H,3-4,9,11H2,1H3,(H2,19,23)/t16?,17-/m0/s1. The summed E-state index contributed by atoms with van der Waals surface area (Å²) in [6.07, 6.45) is 4.55. The number of hydrogen-bond donors (Lipinski definition) is 2. The molecule has 0 aliphatic carbocycles. The lowest BCUT2D eigenvalue weighted by atomic mass is 9.98. The summed E-state index contributed by atoms with van der Waals surface area (Å²) in [7, 11) is 1.61. The number of methoxy groups -OCH3 is 1. The number of nitrogens with zero attached hydrogens (tertiary/aromatic N) is 2. The van der Waals surface area contributed by atoms with Crippen molar-refractivity contribution in [3.8, 4) is 5.75 Å². The van der Waals surface area contributed by atoms with Crippen LogP contribution in [0.3, 0.4) is 0 Å². The normalized spacial score (nSPS) is 20.0. The predicted molar refractivity (Wildman–Crippen MR) is 91.3 cm³/mol. The number of amides is 1. The molecule has 2 aromatic rings. The van der Waals surface area contributed by atoms with Crippen LogP contribution in [0.1, 0.15) is 24.5 Å². The summed E-state index contributed by atoms with van der Waals surface area (Å²) >= 11 is 0. The highest BCUT2D eigenvalue weighted by Gasteiger charge is 2.29. The van der Waals surface area contributed by atoms with E-state index in [2.05, 4.69) is 11.4 Å². The van der Waals surface area contributed by atoms with Crippen LogP contribution in [0.25, 0.3) is 10.9 Å². The molecule has 1 amide bonds. The van der Waals surface area contributed by atoms with Crippen LogP contribution in [0.4, 0.5) is 0 Å². The number of aromatic nitrogens is 1. The zero-order valence-electron chi connectivity index (χ0n) is 13.7. The van der Waals surface area contributed by atoms with E-state index in [-0.39, 0.29) is 11.9 Å². The maximum absolute atomic E-state index is 11.6. The Morgan fingerprint density at radius 3 is 3.08 bits per heavy atom. The number of benzene rings is 1. The number of hydrogen-bond acceptors (Lipinski definition) is 5. The molecule has 3 rings (SSSR count). The first-order chi connectivity index (χ1) is 11.6. The molecular formula is C18H22N3O3. The van der Waals surface area contributed by atoms with Gasteiger partial charge in [0.2, 0.25) is 5.91 Å². The SMILES string of the molecule is COc1ccc2nccc([C@@H](O)CN3CC[CH]CC3C(N)=O)c2c1. The third-order valence-corrected chi connectivity index (χ3v) is 4.53. The third-order valence-electron chi connectivity index (χ3n) is 4.53. The second-order valence-electron chi connectivity index (χ2n) is 6.03. The quantitative estimate of drug-likeness (QED) is 0.867. The largest absolute Gasteiger partial charge is 0.497 e. The average Bonchev–Trinajstić information content (AvgIpc) is 2.60. The van der Waals surface area contributed by atoms with Crippen LogP contribution < -0.4 is 10.5 Å². The van der Waals surface area contributed by atoms with Crippen molar-refractivity contribution in [2.24, 2.45) is 5.73 Å². The van der Waals surface area contributed by atoms with E-state index >= 15 is 0 Å². The number of β-amino-alcohol motifs (C(OH)–C–C–N with tert-alkyl or cyclic N) is 1. The summed E-state index contributed by atoms with van der Waals surface area (Å²) in [6.45, 7) is 1.08. The molecule has 0 spiro atoms. The van der Waals surface area contributed by atoms with Gasteiger partial charge >= 0.3 is 0 Å². The van der Waals surface area contributed by atoms with Gasteiger partial charge in [0.15, 0.2) is 0 Å². The highest BCUT2D eigenvalue weighted by atomic mass is 16.5. The van der Waals surface area contributed by atoms with Crippen LogP contribution >= 0.6 is 0 Å². The molecule has 0 bridgehead atoms.